The summed E-state index contributed by atoms with van der Waals surface area (Å²) in [5.74, 6) is 0. The average Bonchev–Trinajstić information content (AvgIpc) is 2.84. The van der Waals surface area contributed by atoms with E-state index in [9.17, 15) is 0 Å². The number of benzene rings is 2. The van der Waals surface area contributed by atoms with Gasteiger partial charge in [-0.15, -0.1) is 0 Å². The van der Waals surface area contributed by atoms with Gasteiger partial charge < -0.3 is 30.5 Å². The van der Waals surface area contributed by atoms with Crippen molar-refractivity contribution in [3.63, 3.8) is 0 Å². The van der Waals surface area contributed by atoms with Crippen LogP contribution in [0.1, 0.15) is 5.56 Å². The van der Waals surface area contributed by atoms with Gasteiger partial charge in [0.2, 0.25) is 0 Å². The number of nitrogens with zero attached hydrogens (tertiary/aromatic N) is 3. The molecule has 3 aromatic heterocycles. The van der Waals surface area contributed by atoms with Crippen LogP contribution in [0.3, 0.4) is 0 Å². The first-order valence-corrected chi connectivity index (χ1v) is 9.89. The van der Waals surface area contributed by atoms with E-state index >= 15 is 0 Å². The average molecular weight is 462 g/mol. The van der Waals surface area contributed by atoms with Crippen molar-refractivity contribution in [3.8, 4) is 33.6 Å². The molecule has 5 rings (SSSR count). The summed E-state index contributed by atoms with van der Waals surface area (Å²) < 4.78 is 0. The largest absolute Gasteiger partial charge is 1.00 e. The Kier molecular flexibility index (Phi) is 7.49. The molecule has 32 heavy (non-hydrogen) atoms. The Morgan fingerprint density at radius 1 is 0.812 bits per heavy atom. The van der Waals surface area contributed by atoms with Crippen molar-refractivity contribution >= 4 is 10.9 Å². The van der Waals surface area contributed by atoms with Gasteiger partial charge in [-0.3, -0.25) is 4.98 Å². The number of rotatable bonds is 4. The van der Waals surface area contributed by atoms with E-state index in [0.717, 1.165) is 51.1 Å². The number of quaternary nitrogens is 1. The normalized spacial score (nSPS) is 10.3. The van der Waals surface area contributed by atoms with E-state index in [-0.39, 0.29) is 24.8 Å². The van der Waals surface area contributed by atoms with Gasteiger partial charge in [0.15, 0.2) is 6.20 Å². The molecule has 7 heteroatoms. The molecule has 2 aromatic carbocycles. The highest BCUT2D eigenvalue weighted by Gasteiger charge is 2.15. The van der Waals surface area contributed by atoms with Crippen LogP contribution in [0, 0.1) is 0 Å². The maximum absolute atomic E-state index is 5.08. The first kappa shape index (κ1) is 23.3. The molecule has 160 valence electrons. The maximum atomic E-state index is 5.08. The van der Waals surface area contributed by atoms with Gasteiger partial charge in [0.25, 0.3) is 6.33 Å². The molecule has 5 nitrogen and oxygen atoms in total. The number of fused-ring (bicyclic) bond motifs is 1. The van der Waals surface area contributed by atoms with Gasteiger partial charge >= 0.3 is 0 Å². The van der Waals surface area contributed by atoms with Crippen LogP contribution in [0.2, 0.25) is 0 Å². The van der Waals surface area contributed by atoms with E-state index in [2.05, 4.69) is 75.3 Å². The molecule has 0 atom stereocenters. The van der Waals surface area contributed by atoms with Crippen LogP contribution in [-0.4, -0.2) is 15.0 Å². The first-order chi connectivity index (χ1) is 14.8. The summed E-state index contributed by atoms with van der Waals surface area (Å²) >= 11 is 0. The van der Waals surface area contributed by atoms with Crippen molar-refractivity contribution in [1.82, 2.24) is 15.0 Å². The van der Waals surface area contributed by atoms with Crippen molar-refractivity contribution in [3.05, 3.63) is 97.2 Å². The maximum Gasteiger partial charge on any atom is 0.283 e. The first-order valence-electron chi connectivity index (χ1n) is 9.89. The molecule has 0 saturated carbocycles. The van der Waals surface area contributed by atoms with Crippen LogP contribution in [0.5, 0.6) is 0 Å². The van der Waals surface area contributed by atoms with Gasteiger partial charge in [0, 0.05) is 28.3 Å². The fraction of sp³-hybridized carbons (Fsp3) is 0.0400. The number of halogens is 2. The number of pyridine rings is 2. The van der Waals surface area contributed by atoms with E-state index in [4.69, 9.17) is 4.98 Å². The van der Waals surface area contributed by atoms with E-state index in [0.29, 0.717) is 0 Å². The zero-order valence-electron chi connectivity index (χ0n) is 17.2. The van der Waals surface area contributed by atoms with Crippen LogP contribution < -0.4 is 35.5 Å². The smallest absolute Gasteiger partial charge is 0.283 e. The monoisotopic (exact) mass is 461 g/mol. The summed E-state index contributed by atoms with van der Waals surface area (Å²) in [6.45, 7) is 0.772. The van der Waals surface area contributed by atoms with E-state index in [1.165, 1.54) is 5.56 Å². The number of aromatic amines is 1. The summed E-state index contributed by atoms with van der Waals surface area (Å²) in [5, 5.41) is 0.996. The van der Waals surface area contributed by atoms with E-state index in [1.54, 1.807) is 12.5 Å². The highest BCUT2D eigenvalue weighted by atomic mass is 35.5. The molecular weight excluding hydrogens is 441 g/mol. The minimum atomic E-state index is 0. The van der Waals surface area contributed by atoms with Gasteiger partial charge in [-0.2, -0.15) is 0 Å². The zero-order valence-corrected chi connectivity index (χ0v) is 18.7. The molecule has 4 N–H and O–H groups in total. The van der Waals surface area contributed by atoms with Crippen molar-refractivity contribution < 1.29 is 35.5 Å². The molecule has 0 aliphatic carbocycles. The summed E-state index contributed by atoms with van der Waals surface area (Å²) in [7, 11) is 0. The Balaban J connectivity index is 0.00000144. The van der Waals surface area contributed by atoms with Crippen molar-refractivity contribution in [2.45, 2.75) is 6.54 Å². The van der Waals surface area contributed by atoms with Gasteiger partial charge in [0.1, 0.15) is 6.20 Å². The molecule has 0 unspecified atom stereocenters. The fourth-order valence-electron chi connectivity index (χ4n) is 3.67. The Morgan fingerprint density at radius 2 is 1.59 bits per heavy atom. The lowest BCUT2D eigenvalue weighted by atomic mass is 9.96. The van der Waals surface area contributed by atoms with Gasteiger partial charge in [-0.25, -0.2) is 9.97 Å². The Labute approximate surface area is 198 Å². The summed E-state index contributed by atoms with van der Waals surface area (Å²) in [6.07, 6.45) is 7.17. The minimum absolute atomic E-state index is 0. The Bertz CT molecular complexity index is 1310. The molecule has 0 fully saturated rings. The second-order valence-corrected chi connectivity index (χ2v) is 7.10. The van der Waals surface area contributed by atoms with Gasteiger partial charge in [-0.05, 0) is 17.7 Å². The van der Waals surface area contributed by atoms with Crippen LogP contribution in [0.4, 0.5) is 0 Å². The molecule has 0 bridgehead atoms. The lowest BCUT2D eigenvalue weighted by molar-refractivity contribution is -0.386. The Morgan fingerprint density at radius 3 is 2.28 bits per heavy atom. The zero-order chi connectivity index (χ0) is 20.3. The molecule has 0 radical (unpaired) electrons. The number of nitrogens with one attached hydrogen (secondary N) is 1. The van der Waals surface area contributed by atoms with Crippen molar-refractivity contribution in [2.75, 3.05) is 0 Å². The quantitative estimate of drug-likeness (QED) is 0.323. The molecule has 0 aliphatic rings. The van der Waals surface area contributed by atoms with Crippen LogP contribution in [-0.2, 0) is 6.54 Å². The summed E-state index contributed by atoms with van der Waals surface area (Å²) in [5.41, 5.74) is 12.1. The van der Waals surface area contributed by atoms with Crippen LogP contribution in [0.15, 0.2) is 91.6 Å². The minimum Gasteiger partial charge on any atom is -1.00 e. The van der Waals surface area contributed by atoms with Gasteiger partial charge in [0.05, 0.1) is 29.0 Å². The molecular formula is C25H21Cl2N5. The fourth-order valence-corrected chi connectivity index (χ4v) is 3.67. The predicted molar refractivity (Wildman–Crippen MR) is 117 cm³/mol. The van der Waals surface area contributed by atoms with Crippen LogP contribution >= 0.6 is 0 Å². The highest BCUT2D eigenvalue weighted by Crippen LogP contribution is 2.35. The van der Waals surface area contributed by atoms with Gasteiger partial charge in [-0.1, -0.05) is 59.6 Å². The molecule has 0 aliphatic heterocycles. The Hall–Kier alpha value is -3.38. The topological polar surface area (TPSA) is 80.5 Å². The molecule has 0 amide bonds. The second-order valence-electron chi connectivity index (χ2n) is 7.10. The van der Waals surface area contributed by atoms with Crippen LogP contribution in [0.25, 0.3) is 44.5 Å². The molecule has 0 saturated heterocycles. The van der Waals surface area contributed by atoms with E-state index in [1.807, 2.05) is 24.5 Å². The lowest BCUT2D eigenvalue weighted by Crippen LogP contribution is -3.00. The summed E-state index contributed by atoms with van der Waals surface area (Å²) in [6, 6.07) is 23.0. The number of H-pyrrole nitrogens is 1. The molecule has 3 heterocycles. The standard InChI is InChI=1S/C25H19N5.2ClH/c26-13-17-6-8-19(9-7-17)25-21(18-4-2-1-3-5-18)12-22-23(30-25)10-11-29-24(22)20-14-27-16-28-15-20;;/h1-12,14-16H,13,26H2;2*1H. The SMILES string of the molecule is [Cl-].[Cl-].[NH3+]Cc1ccc(-c2nc3ccnc(-c4cnc[nH+]c4)c3cc2-c2ccccc2)cc1. The number of aromatic nitrogens is 4. The summed E-state index contributed by atoms with van der Waals surface area (Å²) in [4.78, 5) is 17.0. The molecule has 5 aromatic rings. The number of hydrogen-bond acceptors (Lipinski definition) is 3. The van der Waals surface area contributed by atoms with E-state index < -0.39 is 0 Å². The second kappa shape index (κ2) is 10.3. The third-order valence-electron chi connectivity index (χ3n) is 5.22. The number of hydrogen-bond donors (Lipinski definition) is 1. The lowest BCUT2D eigenvalue weighted by Gasteiger charge is -2.13. The van der Waals surface area contributed by atoms with Crippen molar-refractivity contribution in [2.24, 2.45) is 0 Å². The predicted octanol–water partition coefficient (Wildman–Crippen LogP) is -2.41. The molecule has 0 spiro atoms. The third kappa shape index (κ3) is 4.46. The highest BCUT2D eigenvalue weighted by molar-refractivity contribution is 5.98. The third-order valence-corrected chi connectivity index (χ3v) is 5.22. The van der Waals surface area contributed by atoms with Crippen molar-refractivity contribution in [1.29, 1.82) is 0 Å².